The Hall–Kier alpha value is -1.70. The van der Waals surface area contributed by atoms with Gasteiger partial charge in [-0.3, -0.25) is 4.79 Å². The topological polar surface area (TPSA) is 62.2 Å². The predicted molar refractivity (Wildman–Crippen MR) is 93.1 cm³/mol. The highest BCUT2D eigenvalue weighted by Crippen LogP contribution is 2.32. The molecule has 0 radical (unpaired) electrons. The molecule has 3 rings (SSSR count). The minimum Gasteiger partial charge on any atom is -0.392 e. The number of benzene rings is 1. The summed E-state index contributed by atoms with van der Waals surface area (Å²) < 4.78 is 27.0. The van der Waals surface area contributed by atoms with E-state index in [0.717, 1.165) is 16.1 Å². The zero-order valence-electron chi connectivity index (χ0n) is 13.8. The summed E-state index contributed by atoms with van der Waals surface area (Å²) in [6.07, 6.45) is -3.15. The van der Waals surface area contributed by atoms with E-state index in [1.54, 1.807) is 29.8 Å². The van der Waals surface area contributed by atoms with Gasteiger partial charge in [0.2, 0.25) is 6.43 Å². The van der Waals surface area contributed by atoms with Crippen LogP contribution in [0.3, 0.4) is 0 Å². The van der Waals surface area contributed by atoms with Crippen molar-refractivity contribution in [3.8, 4) is 10.4 Å². The van der Waals surface area contributed by atoms with Crippen LogP contribution in [-0.4, -0.2) is 41.0 Å². The number of hydrogen-bond donors (Lipinski definition) is 2. The molecule has 1 fully saturated rings. The third-order valence-electron chi connectivity index (χ3n) is 4.57. The van der Waals surface area contributed by atoms with Crippen LogP contribution in [0, 0.1) is 6.92 Å². The van der Waals surface area contributed by atoms with E-state index in [4.69, 9.17) is 0 Å². The normalized spacial score (nSPS) is 21.6. The zero-order valence-corrected chi connectivity index (χ0v) is 14.6. The molecule has 1 aromatic heterocycles. The van der Waals surface area contributed by atoms with Crippen molar-refractivity contribution in [3.63, 3.8) is 0 Å². The van der Waals surface area contributed by atoms with Gasteiger partial charge in [0.15, 0.2) is 5.78 Å². The number of carbonyl (C=O) groups is 1. The smallest absolute Gasteiger partial charge is 0.245 e. The highest BCUT2D eigenvalue weighted by molar-refractivity contribution is 7.13. The Kier molecular flexibility index (Phi) is 5.56. The van der Waals surface area contributed by atoms with Crippen molar-refractivity contribution in [3.05, 3.63) is 41.0 Å². The van der Waals surface area contributed by atoms with Gasteiger partial charge in [0.1, 0.15) is 0 Å². The van der Waals surface area contributed by atoms with Gasteiger partial charge >= 0.3 is 0 Å². The van der Waals surface area contributed by atoms with Gasteiger partial charge in [-0.25, -0.2) is 13.8 Å². The minimum atomic E-state index is -2.62. The van der Waals surface area contributed by atoms with Crippen molar-refractivity contribution in [2.75, 3.05) is 6.54 Å². The Morgan fingerprint density at radius 2 is 2.12 bits per heavy atom. The largest absolute Gasteiger partial charge is 0.392 e. The number of aryl methyl sites for hydroxylation is 1. The third-order valence-corrected chi connectivity index (χ3v) is 5.55. The lowest BCUT2D eigenvalue weighted by Crippen LogP contribution is -2.32. The first-order valence-electron chi connectivity index (χ1n) is 8.18. The van der Waals surface area contributed by atoms with Gasteiger partial charge in [-0.2, -0.15) is 0 Å². The lowest BCUT2D eigenvalue weighted by molar-refractivity contribution is -0.122. The van der Waals surface area contributed by atoms with Crippen molar-refractivity contribution in [1.29, 1.82) is 0 Å². The molecule has 0 saturated carbocycles. The van der Waals surface area contributed by atoms with Crippen molar-refractivity contribution < 1.29 is 18.7 Å². The number of nitrogens with zero attached hydrogens (tertiary/aromatic N) is 1. The van der Waals surface area contributed by atoms with Gasteiger partial charge in [0, 0.05) is 13.0 Å². The molecule has 1 aromatic carbocycles. The van der Waals surface area contributed by atoms with Crippen molar-refractivity contribution >= 4 is 17.1 Å². The first-order chi connectivity index (χ1) is 12.0. The molecule has 0 spiro atoms. The number of hydrogen-bond acceptors (Lipinski definition) is 5. The van der Waals surface area contributed by atoms with Crippen LogP contribution in [0.4, 0.5) is 8.78 Å². The second kappa shape index (κ2) is 7.68. The standard InChI is InChI=1S/C18H20F2N2O2S/c1-10-17(25-9-22-10)12-4-2-11(3-5-12)14(18(19)20)7-16(24)15-6-13(23)8-21-15/h2-5,9,13-15,18,21,23H,6-8H2,1H3/t13-,14-,15?/m1/s1. The van der Waals surface area contributed by atoms with Gasteiger partial charge < -0.3 is 10.4 Å². The number of alkyl halides is 2. The molecule has 2 N–H and O–H groups in total. The SMILES string of the molecule is Cc1ncsc1-c1ccc([C@@H](CC(=O)C2C[C@@H](O)CN2)C(F)F)cc1. The Morgan fingerprint density at radius 1 is 1.40 bits per heavy atom. The maximum atomic E-state index is 13.5. The van der Waals surface area contributed by atoms with E-state index in [1.165, 1.54) is 11.3 Å². The van der Waals surface area contributed by atoms with Crippen LogP contribution in [0.1, 0.15) is 30.0 Å². The van der Waals surface area contributed by atoms with E-state index in [-0.39, 0.29) is 12.2 Å². The number of aliphatic hydroxyl groups excluding tert-OH is 1. The van der Waals surface area contributed by atoms with E-state index in [0.29, 0.717) is 18.5 Å². The van der Waals surface area contributed by atoms with Crippen LogP contribution < -0.4 is 5.32 Å². The number of thiazole rings is 1. The van der Waals surface area contributed by atoms with Crippen molar-refractivity contribution in [1.82, 2.24) is 10.3 Å². The molecule has 0 bridgehead atoms. The Labute approximate surface area is 148 Å². The summed E-state index contributed by atoms with van der Waals surface area (Å²) in [7, 11) is 0. The molecule has 3 atom stereocenters. The molecule has 4 nitrogen and oxygen atoms in total. The fourth-order valence-electron chi connectivity index (χ4n) is 3.13. The molecule has 0 amide bonds. The summed E-state index contributed by atoms with van der Waals surface area (Å²) in [5, 5.41) is 12.4. The summed E-state index contributed by atoms with van der Waals surface area (Å²) in [6.45, 7) is 2.24. The number of rotatable bonds is 6. The fraction of sp³-hybridized carbons (Fsp3) is 0.444. The molecule has 1 aliphatic rings. The summed E-state index contributed by atoms with van der Waals surface area (Å²) in [5.74, 6) is -1.41. The zero-order chi connectivity index (χ0) is 18.0. The summed E-state index contributed by atoms with van der Waals surface area (Å²) in [6, 6.07) is 6.39. The number of Topliss-reactive ketones (excluding diaryl/α,β-unsaturated/α-hetero) is 1. The van der Waals surface area contributed by atoms with Gasteiger partial charge in [-0.05, 0) is 24.5 Å². The van der Waals surface area contributed by atoms with E-state index < -0.39 is 24.5 Å². The van der Waals surface area contributed by atoms with E-state index >= 15 is 0 Å². The average Bonchev–Trinajstić information content (AvgIpc) is 3.21. The highest BCUT2D eigenvalue weighted by Gasteiger charge is 2.32. The molecule has 134 valence electrons. The molecular weight excluding hydrogens is 346 g/mol. The molecule has 7 heteroatoms. The van der Waals surface area contributed by atoms with Crippen LogP contribution in [-0.2, 0) is 4.79 Å². The summed E-state index contributed by atoms with van der Waals surface area (Å²) in [5.41, 5.74) is 4.04. The lowest BCUT2D eigenvalue weighted by atomic mass is 9.90. The number of nitrogens with one attached hydrogen (secondary N) is 1. The van der Waals surface area contributed by atoms with E-state index in [1.807, 2.05) is 6.92 Å². The molecule has 1 aliphatic heterocycles. The van der Waals surface area contributed by atoms with Crippen molar-refractivity contribution in [2.24, 2.45) is 0 Å². The second-order valence-electron chi connectivity index (χ2n) is 6.35. The van der Waals surface area contributed by atoms with Gasteiger partial charge in [-0.1, -0.05) is 24.3 Å². The lowest BCUT2D eigenvalue weighted by Gasteiger charge is -2.18. The maximum absolute atomic E-state index is 13.5. The van der Waals surface area contributed by atoms with Gasteiger partial charge in [0.05, 0.1) is 34.1 Å². The van der Waals surface area contributed by atoms with E-state index in [9.17, 15) is 18.7 Å². The number of halogens is 2. The Bertz CT molecular complexity index is 733. The molecule has 2 heterocycles. The number of carbonyl (C=O) groups excluding carboxylic acids is 1. The van der Waals surface area contributed by atoms with Crippen LogP contribution >= 0.6 is 11.3 Å². The minimum absolute atomic E-state index is 0.235. The average molecular weight is 366 g/mol. The molecule has 2 aromatic rings. The monoisotopic (exact) mass is 366 g/mol. The number of aliphatic hydroxyl groups is 1. The van der Waals surface area contributed by atoms with Crippen molar-refractivity contribution in [2.45, 2.75) is 44.3 Å². The summed E-state index contributed by atoms with van der Waals surface area (Å²) >= 11 is 1.51. The third kappa shape index (κ3) is 4.11. The van der Waals surface area contributed by atoms with E-state index in [2.05, 4.69) is 10.3 Å². The first-order valence-corrected chi connectivity index (χ1v) is 9.06. The highest BCUT2D eigenvalue weighted by atomic mass is 32.1. The summed E-state index contributed by atoms with van der Waals surface area (Å²) in [4.78, 5) is 17.5. The Balaban J connectivity index is 1.74. The molecule has 0 aliphatic carbocycles. The van der Waals surface area contributed by atoms with Crippen LogP contribution in [0.5, 0.6) is 0 Å². The molecule has 1 unspecified atom stereocenters. The molecular formula is C18H20F2N2O2S. The van der Waals surface area contributed by atoms with Crippen LogP contribution in [0.25, 0.3) is 10.4 Å². The van der Waals surface area contributed by atoms with Crippen LogP contribution in [0.2, 0.25) is 0 Å². The molecule has 1 saturated heterocycles. The maximum Gasteiger partial charge on any atom is 0.245 e. The number of ketones is 1. The Morgan fingerprint density at radius 3 is 2.64 bits per heavy atom. The quantitative estimate of drug-likeness (QED) is 0.824. The molecule has 25 heavy (non-hydrogen) atoms. The van der Waals surface area contributed by atoms with Crippen LogP contribution in [0.15, 0.2) is 29.8 Å². The van der Waals surface area contributed by atoms with Gasteiger partial charge in [-0.15, -0.1) is 11.3 Å². The second-order valence-corrected chi connectivity index (χ2v) is 7.21. The number of β-amino-alcohol motifs (C(OH)–C–C–N with tert-alkyl or cyclic N) is 1. The fourth-order valence-corrected chi connectivity index (χ4v) is 3.95. The predicted octanol–water partition coefficient (Wildman–Crippen LogP) is 3.15. The number of aromatic nitrogens is 1. The first kappa shape index (κ1) is 18.1. The van der Waals surface area contributed by atoms with Gasteiger partial charge in [0.25, 0.3) is 0 Å².